The van der Waals surface area contributed by atoms with Crippen molar-refractivity contribution < 1.29 is 14.2 Å². The molecule has 0 unspecified atom stereocenters. The van der Waals surface area contributed by atoms with Gasteiger partial charge < -0.3 is 14.4 Å². The van der Waals surface area contributed by atoms with Crippen LogP contribution in [0.3, 0.4) is 0 Å². The highest BCUT2D eigenvalue weighted by Gasteiger charge is 2.26. The van der Waals surface area contributed by atoms with E-state index in [0.717, 1.165) is 12.4 Å². The van der Waals surface area contributed by atoms with Gasteiger partial charge in [0.1, 0.15) is 18.2 Å². The Balaban J connectivity index is 1.63. The first-order valence-corrected chi connectivity index (χ1v) is 7.25. The molecule has 0 aliphatic carbocycles. The quantitative estimate of drug-likeness (QED) is 0.915. The van der Waals surface area contributed by atoms with E-state index in [1.807, 2.05) is 11.6 Å². The largest absolute Gasteiger partial charge is 0.387 e. The average Bonchev–Trinajstić information content (AvgIpc) is 2.94. The van der Waals surface area contributed by atoms with Crippen LogP contribution in [0, 0.1) is 5.82 Å². The van der Waals surface area contributed by atoms with Crippen LogP contribution in [0.25, 0.3) is 0 Å². The standard InChI is InChI=1S/C15H19FN4O2/c1-19-10-17-18-15(19)14-9-20(6-7-22-14)8-13(21)11-2-4-12(16)5-3-11/h2-5,10,13-14,21H,6-9H2,1H3/t13-,14-/m1/s1. The van der Waals surface area contributed by atoms with E-state index in [4.69, 9.17) is 4.74 Å². The Morgan fingerprint density at radius 2 is 2.18 bits per heavy atom. The van der Waals surface area contributed by atoms with Crippen molar-refractivity contribution in [3.63, 3.8) is 0 Å². The topological polar surface area (TPSA) is 63.4 Å². The molecule has 1 aliphatic rings. The third-order valence-electron chi connectivity index (χ3n) is 3.87. The van der Waals surface area contributed by atoms with Crippen LogP contribution < -0.4 is 0 Å². The molecule has 3 rings (SSSR count). The molecule has 1 N–H and O–H groups in total. The zero-order valence-electron chi connectivity index (χ0n) is 12.4. The molecule has 2 heterocycles. The van der Waals surface area contributed by atoms with Crippen molar-refractivity contribution in [3.8, 4) is 0 Å². The molecule has 0 amide bonds. The van der Waals surface area contributed by atoms with Crippen molar-refractivity contribution in [2.24, 2.45) is 7.05 Å². The molecule has 0 saturated carbocycles. The van der Waals surface area contributed by atoms with Crippen LogP contribution in [0.4, 0.5) is 4.39 Å². The maximum absolute atomic E-state index is 12.9. The first-order valence-electron chi connectivity index (χ1n) is 7.25. The van der Waals surface area contributed by atoms with E-state index in [0.29, 0.717) is 25.3 Å². The van der Waals surface area contributed by atoms with Gasteiger partial charge in [0.05, 0.1) is 12.7 Å². The molecule has 6 nitrogen and oxygen atoms in total. The van der Waals surface area contributed by atoms with Gasteiger partial charge in [0.2, 0.25) is 0 Å². The van der Waals surface area contributed by atoms with Crippen molar-refractivity contribution in [2.75, 3.05) is 26.2 Å². The Morgan fingerprint density at radius 3 is 2.86 bits per heavy atom. The number of rotatable bonds is 4. The van der Waals surface area contributed by atoms with Crippen molar-refractivity contribution in [2.45, 2.75) is 12.2 Å². The van der Waals surface area contributed by atoms with Crippen molar-refractivity contribution in [3.05, 3.63) is 47.8 Å². The number of aryl methyl sites for hydroxylation is 1. The second-order valence-electron chi connectivity index (χ2n) is 5.49. The fourth-order valence-electron chi connectivity index (χ4n) is 2.64. The Hall–Kier alpha value is -1.83. The smallest absolute Gasteiger partial charge is 0.163 e. The summed E-state index contributed by atoms with van der Waals surface area (Å²) in [7, 11) is 1.88. The second kappa shape index (κ2) is 6.51. The first kappa shape index (κ1) is 15.1. The van der Waals surface area contributed by atoms with Crippen molar-refractivity contribution in [1.82, 2.24) is 19.7 Å². The highest BCUT2D eigenvalue weighted by atomic mass is 19.1. The molecule has 1 saturated heterocycles. The third kappa shape index (κ3) is 3.32. The predicted molar refractivity (Wildman–Crippen MR) is 77.5 cm³/mol. The number of ether oxygens (including phenoxy) is 1. The summed E-state index contributed by atoms with van der Waals surface area (Å²) in [5.41, 5.74) is 0.711. The van der Waals surface area contributed by atoms with Crippen LogP contribution >= 0.6 is 0 Å². The number of β-amino-alcohol motifs (C(OH)–C–C–N with tert-alkyl or cyclic N) is 1. The van der Waals surface area contributed by atoms with Crippen LogP contribution in [-0.4, -0.2) is 51.0 Å². The predicted octanol–water partition coefficient (Wildman–Crippen LogP) is 1.06. The van der Waals surface area contributed by atoms with Gasteiger partial charge in [-0.2, -0.15) is 0 Å². The molecule has 1 aromatic carbocycles. The van der Waals surface area contributed by atoms with E-state index in [1.165, 1.54) is 12.1 Å². The van der Waals surface area contributed by atoms with Crippen LogP contribution in [-0.2, 0) is 11.8 Å². The summed E-state index contributed by atoms with van der Waals surface area (Å²) in [5, 5.41) is 18.2. The summed E-state index contributed by atoms with van der Waals surface area (Å²) in [4.78, 5) is 2.12. The molecule has 1 aromatic heterocycles. The molecule has 0 radical (unpaired) electrons. The lowest BCUT2D eigenvalue weighted by Gasteiger charge is -2.33. The van der Waals surface area contributed by atoms with E-state index >= 15 is 0 Å². The van der Waals surface area contributed by atoms with Crippen molar-refractivity contribution in [1.29, 1.82) is 0 Å². The maximum Gasteiger partial charge on any atom is 0.163 e. The Kier molecular flexibility index (Phi) is 4.47. The van der Waals surface area contributed by atoms with Crippen LogP contribution in [0.2, 0.25) is 0 Å². The number of halogens is 1. The van der Waals surface area contributed by atoms with Crippen LogP contribution in [0.1, 0.15) is 23.6 Å². The number of benzene rings is 1. The van der Waals surface area contributed by atoms with Gasteiger partial charge in [-0.1, -0.05) is 12.1 Å². The molecule has 0 spiro atoms. The average molecular weight is 306 g/mol. The van der Waals surface area contributed by atoms with E-state index in [-0.39, 0.29) is 11.9 Å². The molecular weight excluding hydrogens is 287 g/mol. The zero-order valence-corrected chi connectivity index (χ0v) is 12.4. The summed E-state index contributed by atoms with van der Waals surface area (Å²) >= 11 is 0. The lowest BCUT2D eigenvalue weighted by Crippen LogP contribution is -2.41. The molecule has 0 bridgehead atoms. The first-order chi connectivity index (χ1) is 10.6. The minimum atomic E-state index is -0.654. The number of hydrogen-bond donors (Lipinski definition) is 1. The highest BCUT2D eigenvalue weighted by molar-refractivity contribution is 5.18. The van der Waals surface area contributed by atoms with Gasteiger partial charge in [-0.25, -0.2) is 4.39 Å². The molecule has 1 aliphatic heterocycles. The van der Waals surface area contributed by atoms with Gasteiger partial charge in [-0.3, -0.25) is 4.90 Å². The van der Waals surface area contributed by atoms with Gasteiger partial charge in [0, 0.05) is 26.7 Å². The maximum atomic E-state index is 12.9. The molecule has 7 heteroatoms. The lowest BCUT2D eigenvalue weighted by molar-refractivity contribution is -0.0474. The van der Waals surface area contributed by atoms with E-state index in [2.05, 4.69) is 15.1 Å². The van der Waals surface area contributed by atoms with E-state index in [9.17, 15) is 9.50 Å². The summed E-state index contributed by atoms with van der Waals surface area (Å²) in [5.74, 6) is 0.477. The molecule has 1 fully saturated rings. The molecule has 118 valence electrons. The normalized spacial score (nSPS) is 21.0. The van der Waals surface area contributed by atoms with Gasteiger partial charge in [-0.15, -0.1) is 10.2 Å². The lowest BCUT2D eigenvalue weighted by atomic mass is 10.1. The number of hydrogen-bond acceptors (Lipinski definition) is 5. The van der Waals surface area contributed by atoms with Gasteiger partial charge in [-0.05, 0) is 17.7 Å². The second-order valence-corrected chi connectivity index (χ2v) is 5.49. The third-order valence-corrected chi connectivity index (χ3v) is 3.87. The molecular formula is C15H19FN4O2. The Morgan fingerprint density at radius 1 is 1.41 bits per heavy atom. The monoisotopic (exact) mass is 306 g/mol. The highest BCUT2D eigenvalue weighted by Crippen LogP contribution is 2.22. The molecule has 2 atom stereocenters. The summed E-state index contributed by atoms with van der Waals surface area (Å²) in [6.45, 7) is 2.44. The van der Waals surface area contributed by atoms with Gasteiger partial charge in [0.25, 0.3) is 0 Å². The molecule has 22 heavy (non-hydrogen) atoms. The summed E-state index contributed by atoms with van der Waals surface area (Å²) < 4.78 is 20.5. The van der Waals surface area contributed by atoms with Crippen LogP contribution in [0.5, 0.6) is 0 Å². The number of nitrogens with zero attached hydrogens (tertiary/aromatic N) is 4. The fraction of sp³-hybridized carbons (Fsp3) is 0.467. The minimum Gasteiger partial charge on any atom is -0.387 e. The van der Waals surface area contributed by atoms with Gasteiger partial charge in [0.15, 0.2) is 5.82 Å². The zero-order chi connectivity index (χ0) is 15.5. The SMILES string of the molecule is Cn1cnnc1[C@H]1CN(C[C@@H](O)c2ccc(F)cc2)CCO1. The summed E-state index contributed by atoms with van der Waals surface area (Å²) in [6.07, 6.45) is 0.839. The fourth-order valence-corrected chi connectivity index (χ4v) is 2.64. The Bertz CT molecular complexity index is 616. The van der Waals surface area contributed by atoms with E-state index < -0.39 is 6.10 Å². The van der Waals surface area contributed by atoms with E-state index in [1.54, 1.807) is 18.5 Å². The molecule has 2 aromatic rings. The number of aliphatic hydroxyl groups excluding tert-OH is 1. The number of aromatic nitrogens is 3. The summed E-state index contributed by atoms with van der Waals surface area (Å²) in [6, 6.07) is 5.95. The Labute approximate surface area is 128 Å². The number of aliphatic hydroxyl groups is 1. The number of morpholine rings is 1. The minimum absolute atomic E-state index is 0.151. The van der Waals surface area contributed by atoms with Gasteiger partial charge >= 0.3 is 0 Å². The van der Waals surface area contributed by atoms with Crippen LogP contribution in [0.15, 0.2) is 30.6 Å². The van der Waals surface area contributed by atoms with Crippen molar-refractivity contribution >= 4 is 0 Å².